The summed E-state index contributed by atoms with van der Waals surface area (Å²) in [5, 5.41) is 3.67. The summed E-state index contributed by atoms with van der Waals surface area (Å²) in [5.74, 6) is 1.66. The highest BCUT2D eigenvalue weighted by atomic mass is 16.5. The zero-order chi connectivity index (χ0) is 11.7. The lowest BCUT2D eigenvalue weighted by Crippen LogP contribution is -2.43. The minimum Gasteiger partial charge on any atom is -0.381 e. The molecule has 3 rings (SSSR count). The monoisotopic (exact) mass is 229 g/mol. The third kappa shape index (κ3) is 1.98. The Labute approximate surface area is 103 Å². The molecule has 2 aliphatic carbocycles. The van der Waals surface area contributed by atoms with Gasteiger partial charge in [-0.15, -0.1) is 0 Å². The zero-order valence-electron chi connectivity index (χ0n) is 10.2. The van der Waals surface area contributed by atoms with E-state index >= 15 is 0 Å². The Morgan fingerprint density at radius 1 is 1.35 bits per heavy atom. The molecule has 2 heteroatoms. The van der Waals surface area contributed by atoms with Crippen LogP contribution in [0.5, 0.6) is 0 Å². The van der Waals surface area contributed by atoms with Gasteiger partial charge < -0.3 is 10.1 Å². The quantitative estimate of drug-likeness (QED) is 0.800. The Hall–Kier alpha value is -1.28. The van der Waals surface area contributed by atoms with Crippen molar-refractivity contribution < 1.29 is 4.74 Å². The normalized spacial score (nSPS) is 29.8. The van der Waals surface area contributed by atoms with Crippen LogP contribution in [-0.4, -0.2) is 13.2 Å². The van der Waals surface area contributed by atoms with Gasteiger partial charge >= 0.3 is 0 Å². The molecule has 0 aromatic heterocycles. The fourth-order valence-electron chi connectivity index (χ4n) is 3.03. The van der Waals surface area contributed by atoms with Crippen LogP contribution in [0.3, 0.4) is 0 Å². The van der Waals surface area contributed by atoms with Gasteiger partial charge in [-0.1, -0.05) is 30.4 Å². The SMILES string of the molecule is COCc1ccccc1NC1CC2CC=CC21. The predicted molar refractivity (Wildman–Crippen MR) is 69.9 cm³/mol. The first-order valence-corrected chi connectivity index (χ1v) is 6.38. The summed E-state index contributed by atoms with van der Waals surface area (Å²) in [4.78, 5) is 0. The third-order valence-corrected chi connectivity index (χ3v) is 4.02. The molecule has 0 spiro atoms. The second-order valence-corrected chi connectivity index (χ2v) is 5.08. The molecule has 3 unspecified atom stereocenters. The van der Waals surface area contributed by atoms with E-state index in [1.54, 1.807) is 7.11 Å². The number of hydrogen-bond acceptors (Lipinski definition) is 2. The molecule has 2 aliphatic rings. The predicted octanol–water partition coefficient (Wildman–Crippen LogP) is 3.21. The molecule has 2 nitrogen and oxygen atoms in total. The molecule has 0 radical (unpaired) electrons. The van der Waals surface area contributed by atoms with Crippen LogP contribution in [0.25, 0.3) is 0 Å². The Morgan fingerprint density at radius 3 is 3.06 bits per heavy atom. The van der Waals surface area contributed by atoms with Crippen LogP contribution in [0, 0.1) is 11.8 Å². The molecule has 0 bridgehead atoms. The first-order chi connectivity index (χ1) is 8.38. The number of benzene rings is 1. The smallest absolute Gasteiger partial charge is 0.0733 e. The fourth-order valence-corrected chi connectivity index (χ4v) is 3.03. The molecular formula is C15H19NO. The molecular weight excluding hydrogens is 210 g/mol. The molecule has 90 valence electrons. The molecule has 1 N–H and O–H groups in total. The van der Waals surface area contributed by atoms with Gasteiger partial charge in [-0.05, 0) is 24.8 Å². The van der Waals surface area contributed by atoms with E-state index in [4.69, 9.17) is 4.74 Å². The molecule has 17 heavy (non-hydrogen) atoms. The number of allylic oxidation sites excluding steroid dienone is 1. The number of ether oxygens (including phenoxy) is 1. The maximum atomic E-state index is 5.23. The standard InChI is InChI=1S/C15H19NO/c1-17-10-12-5-2-3-8-14(12)16-15-9-11-6-4-7-13(11)15/h2-5,7-8,11,13,15-16H,6,9-10H2,1H3. The third-order valence-electron chi connectivity index (χ3n) is 4.02. The Morgan fingerprint density at radius 2 is 2.24 bits per heavy atom. The molecule has 1 aromatic carbocycles. The van der Waals surface area contributed by atoms with E-state index in [0.717, 1.165) is 11.8 Å². The molecule has 3 atom stereocenters. The first-order valence-electron chi connectivity index (χ1n) is 6.38. The molecule has 1 aromatic rings. The van der Waals surface area contributed by atoms with Crippen molar-refractivity contribution in [1.82, 2.24) is 0 Å². The minimum atomic E-state index is 0.622. The topological polar surface area (TPSA) is 21.3 Å². The zero-order valence-corrected chi connectivity index (χ0v) is 10.2. The van der Waals surface area contributed by atoms with Gasteiger partial charge in [0.25, 0.3) is 0 Å². The van der Waals surface area contributed by atoms with Crippen molar-refractivity contribution in [3.63, 3.8) is 0 Å². The molecule has 1 fully saturated rings. The van der Waals surface area contributed by atoms with E-state index in [-0.39, 0.29) is 0 Å². The van der Waals surface area contributed by atoms with E-state index in [9.17, 15) is 0 Å². The Balaban J connectivity index is 1.70. The maximum Gasteiger partial charge on any atom is 0.0733 e. The van der Waals surface area contributed by atoms with Crippen LogP contribution in [0.2, 0.25) is 0 Å². The van der Waals surface area contributed by atoms with E-state index in [2.05, 4.69) is 41.7 Å². The van der Waals surface area contributed by atoms with Crippen LogP contribution < -0.4 is 5.32 Å². The van der Waals surface area contributed by atoms with Crippen LogP contribution in [0.15, 0.2) is 36.4 Å². The highest BCUT2D eigenvalue weighted by Crippen LogP contribution is 2.44. The van der Waals surface area contributed by atoms with Crippen molar-refractivity contribution in [3.8, 4) is 0 Å². The highest BCUT2D eigenvalue weighted by Gasteiger charge is 2.40. The second-order valence-electron chi connectivity index (χ2n) is 5.08. The minimum absolute atomic E-state index is 0.622. The van der Waals surface area contributed by atoms with Crippen molar-refractivity contribution in [2.45, 2.75) is 25.5 Å². The number of para-hydroxylation sites is 1. The number of fused-ring (bicyclic) bond motifs is 1. The second kappa shape index (κ2) is 4.53. The van der Waals surface area contributed by atoms with Crippen molar-refractivity contribution in [1.29, 1.82) is 0 Å². The average molecular weight is 229 g/mol. The van der Waals surface area contributed by atoms with Crippen molar-refractivity contribution in [2.24, 2.45) is 11.8 Å². The van der Waals surface area contributed by atoms with Gasteiger partial charge in [0.15, 0.2) is 0 Å². The van der Waals surface area contributed by atoms with Crippen molar-refractivity contribution >= 4 is 5.69 Å². The van der Waals surface area contributed by atoms with Gasteiger partial charge in [-0.25, -0.2) is 0 Å². The van der Waals surface area contributed by atoms with E-state index < -0.39 is 0 Å². The summed E-state index contributed by atoms with van der Waals surface area (Å²) >= 11 is 0. The Kier molecular flexibility index (Phi) is 2.89. The number of methoxy groups -OCH3 is 1. The van der Waals surface area contributed by atoms with Gasteiger partial charge in [0.05, 0.1) is 6.61 Å². The summed E-state index contributed by atoms with van der Waals surface area (Å²) < 4.78 is 5.23. The number of anilines is 1. The first kappa shape index (κ1) is 10.8. The van der Waals surface area contributed by atoms with Gasteiger partial charge in [-0.3, -0.25) is 0 Å². The largest absolute Gasteiger partial charge is 0.381 e. The molecule has 0 aliphatic heterocycles. The highest BCUT2D eigenvalue weighted by molar-refractivity contribution is 5.52. The molecule has 0 amide bonds. The van der Waals surface area contributed by atoms with Crippen LogP contribution in [-0.2, 0) is 11.3 Å². The van der Waals surface area contributed by atoms with Crippen LogP contribution in [0.1, 0.15) is 18.4 Å². The lowest BCUT2D eigenvalue weighted by atomic mass is 9.71. The lowest BCUT2D eigenvalue weighted by molar-refractivity contribution is 0.184. The van der Waals surface area contributed by atoms with Crippen molar-refractivity contribution in [2.75, 3.05) is 12.4 Å². The van der Waals surface area contributed by atoms with Crippen LogP contribution in [0.4, 0.5) is 5.69 Å². The average Bonchev–Trinajstić information content (AvgIpc) is 2.70. The number of hydrogen-bond donors (Lipinski definition) is 1. The molecule has 0 heterocycles. The molecule has 0 saturated heterocycles. The Bertz CT molecular complexity index is 427. The van der Waals surface area contributed by atoms with Crippen LogP contribution >= 0.6 is 0 Å². The number of rotatable bonds is 4. The summed E-state index contributed by atoms with van der Waals surface area (Å²) in [6.07, 6.45) is 7.30. The summed E-state index contributed by atoms with van der Waals surface area (Å²) in [6.45, 7) is 0.680. The fraction of sp³-hybridized carbons (Fsp3) is 0.467. The number of nitrogens with one attached hydrogen (secondary N) is 1. The van der Waals surface area contributed by atoms with Crippen molar-refractivity contribution in [3.05, 3.63) is 42.0 Å². The molecule has 1 saturated carbocycles. The summed E-state index contributed by atoms with van der Waals surface area (Å²) in [5.41, 5.74) is 2.48. The van der Waals surface area contributed by atoms with Gasteiger partial charge in [0.2, 0.25) is 0 Å². The summed E-state index contributed by atoms with van der Waals surface area (Å²) in [7, 11) is 1.75. The van der Waals surface area contributed by atoms with E-state index in [0.29, 0.717) is 12.6 Å². The van der Waals surface area contributed by atoms with E-state index in [1.165, 1.54) is 24.1 Å². The van der Waals surface area contributed by atoms with E-state index in [1.807, 2.05) is 0 Å². The van der Waals surface area contributed by atoms with Gasteiger partial charge in [0, 0.05) is 30.3 Å². The van der Waals surface area contributed by atoms with Gasteiger partial charge in [-0.2, -0.15) is 0 Å². The lowest BCUT2D eigenvalue weighted by Gasteiger charge is -2.41. The maximum absolute atomic E-state index is 5.23. The summed E-state index contributed by atoms with van der Waals surface area (Å²) in [6, 6.07) is 9.06. The van der Waals surface area contributed by atoms with Gasteiger partial charge in [0.1, 0.15) is 0 Å².